The molecule has 1 aliphatic rings. The van der Waals surface area contributed by atoms with Crippen molar-refractivity contribution in [2.24, 2.45) is 13.0 Å². The van der Waals surface area contributed by atoms with Crippen molar-refractivity contribution in [1.29, 1.82) is 0 Å². The smallest absolute Gasteiger partial charge is 0.313 e. The van der Waals surface area contributed by atoms with Gasteiger partial charge in [-0.3, -0.25) is 9.36 Å². The number of anilines is 1. The summed E-state index contributed by atoms with van der Waals surface area (Å²) >= 11 is 1.21. The molecule has 2 heterocycles. The third-order valence-corrected chi connectivity index (χ3v) is 4.77. The third kappa shape index (κ3) is 3.02. The van der Waals surface area contributed by atoms with Crippen molar-refractivity contribution >= 4 is 23.7 Å². The van der Waals surface area contributed by atoms with E-state index in [1.807, 2.05) is 11.6 Å². The zero-order chi connectivity index (χ0) is 14.0. The standard InChI is InChI=1S/C12H20N4O2S/c1-8-5-4-6-16(9(8)2)11-13-14-12(15(11)3)19-7-10(17)18/h8-9H,4-7H2,1-3H3,(H,17,18). The maximum absolute atomic E-state index is 10.6. The molecule has 2 atom stereocenters. The van der Waals surface area contributed by atoms with Crippen LogP contribution in [0.15, 0.2) is 5.16 Å². The first-order chi connectivity index (χ1) is 9.00. The summed E-state index contributed by atoms with van der Waals surface area (Å²) in [5.41, 5.74) is 0. The summed E-state index contributed by atoms with van der Waals surface area (Å²) in [6, 6.07) is 0.439. The molecule has 0 spiro atoms. The van der Waals surface area contributed by atoms with Gasteiger partial charge in [-0.05, 0) is 25.7 Å². The molecule has 7 heteroatoms. The average Bonchev–Trinajstić information content (AvgIpc) is 2.72. The van der Waals surface area contributed by atoms with Crippen molar-refractivity contribution in [2.45, 2.75) is 37.9 Å². The van der Waals surface area contributed by atoms with Gasteiger partial charge in [0.25, 0.3) is 0 Å². The Morgan fingerprint density at radius 2 is 2.21 bits per heavy atom. The molecule has 2 rings (SSSR count). The first kappa shape index (κ1) is 14.2. The van der Waals surface area contributed by atoms with E-state index in [0.29, 0.717) is 17.1 Å². The van der Waals surface area contributed by atoms with Crippen LogP contribution in [0.5, 0.6) is 0 Å². The van der Waals surface area contributed by atoms with Crippen molar-refractivity contribution in [2.75, 3.05) is 17.2 Å². The number of aromatic nitrogens is 3. The Balaban J connectivity index is 2.14. The van der Waals surface area contributed by atoms with Gasteiger partial charge in [0.05, 0.1) is 5.75 Å². The maximum Gasteiger partial charge on any atom is 0.313 e. The van der Waals surface area contributed by atoms with Gasteiger partial charge in [0.2, 0.25) is 5.95 Å². The Labute approximate surface area is 117 Å². The highest BCUT2D eigenvalue weighted by Gasteiger charge is 2.28. The molecule has 1 aromatic heterocycles. The molecule has 0 saturated carbocycles. The minimum Gasteiger partial charge on any atom is -0.481 e. The van der Waals surface area contributed by atoms with Crippen LogP contribution < -0.4 is 4.90 Å². The molecule has 1 fully saturated rings. The number of hydrogen-bond donors (Lipinski definition) is 1. The van der Waals surface area contributed by atoms with E-state index in [0.717, 1.165) is 18.9 Å². The molecule has 6 nitrogen and oxygen atoms in total. The number of aliphatic carboxylic acids is 1. The molecule has 1 saturated heterocycles. The summed E-state index contributed by atoms with van der Waals surface area (Å²) < 4.78 is 1.89. The summed E-state index contributed by atoms with van der Waals surface area (Å²) in [5, 5.41) is 17.7. The van der Waals surface area contributed by atoms with Gasteiger partial charge in [-0.25, -0.2) is 0 Å². The Bertz CT molecular complexity index is 463. The molecule has 0 amide bonds. The zero-order valence-electron chi connectivity index (χ0n) is 11.5. The predicted octanol–water partition coefficient (Wildman–Crippen LogP) is 1.62. The fourth-order valence-electron chi connectivity index (χ4n) is 2.43. The third-order valence-electron chi connectivity index (χ3n) is 3.77. The molecule has 2 unspecified atom stereocenters. The topological polar surface area (TPSA) is 71.2 Å². The molecule has 1 N–H and O–H groups in total. The zero-order valence-corrected chi connectivity index (χ0v) is 12.4. The lowest BCUT2D eigenvalue weighted by molar-refractivity contribution is -0.133. The Kier molecular flexibility index (Phi) is 4.34. The van der Waals surface area contributed by atoms with Crippen LogP contribution >= 0.6 is 11.8 Å². The van der Waals surface area contributed by atoms with Crippen molar-refractivity contribution in [3.63, 3.8) is 0 Å². The van der Waals surface area contributed by atoms with E-state index < -0.39 is 5.97 Å². The number of thioether (sulfide) groups is 1. The Morgan fingerprint density at radius 3 is 2.89 bits per heavy atom. The van der Waals surface area contributed by atoms with Gasteiger partial charge >= 0.3 is 5.97 Å². The van der Waals surface area contributed by atoms with E-state index in [1.165, 1.54) is 18.2 Å². The van der Waals surface area contributed by atoms with Gasteiger partial charge < -0.3 is 10.0 Å². The second-order valence-corrected chi connectivity index (χ2v) is 6.02. The summed E-state index contributed by atoms with van der Waals surface area (Å²) in [7, 11) is 1.89. The van der Waals surface area contributed by atoms with Gasteiger partial charge in [0.1, 0.15) is 0 Å². The van der Waals surface area contributed by atoms with Crippen LogP contribution in [0, 0.1) is 5.92 Å². The number of piperidine rings is 1. The lowest BCUT2D eigenvalue weighted by atomic mass is 9.92. The fourth-order valence-corrected chi connectivity index (χ4v) is 3.05. The van der Waals surface area contributed by atoms with Crippen LogP contribution in [0.4, 0.5) is 5.95 Å². The Hall–Kier alpha value is -1.24. The highest BCUT2D eigenvalue weighted by atomic mass is 32.2. The van der Waals surface area contributed by atoms with Crippen molar-refractivity contribution in [3.05, 3.63) is 0 Å². The highest BCUT2D eigenvalue weighted by Crippen LogP contribution is 2.28. The van der Waals surface area contributed by atoms with Crippen molar-refractivity contribution in [1.82, 2.24) is 14.8 Å². The van der Waals surface area contributed by atoms with Crippen molar-refractivity contribution in [3.8, 4) is 0 Å². The van der Waals surface area contributed by atoms with Crippen LogP contribution in [-0.2, 0) is 11.8 Å². The SMILES string of the molecule is CC1CCCN(c2nnc(SCC(=O)O)n2C)C1C. The second kappa shape index (κ2) is 5.81. The monoisotopic (exact) mass is 284 g/mol. The number of carboxylic acid groups (broad SMARTS) is 1. The minimum absolute atomic E-state index is 0.0118. The molecule has 1 aromatic rings. The molecule has 0 bridgehead atoms. The minimum atomic E-state index is -0.838. The van der Waals surface area contributed by atoms with Gasteiger partial charge in [0, 0.05) is 19.6 Å². The molecule has 19 heavy (non-hydrogen) atoms. The maximum atomic E-state index is 10.6. The van der Waals surface area contributed by atoms with Crippen LogP contribution in [0.25, 0.3) is 0 Å². The summed E-state index contributed by atoms with van der Waals surface area (Å²) in [6.07, 6.45) is 2.41. The van der Waals surface area contributed by atoms with Crippen LogP contribution in [-0.4, -0.2) is 44.2 Å². The largest absolute Gasteiger partial charge is 0.481 e. The van der Waals surface area contributed by atoms with E-state index in [9.17, 15) is 4.79 Å². The number of rotatable bonds is 4. The van der Waals surface area contributed by atoms with Crippen LogP contribution in [0.3, 0.4) is 0 Å². The quantitative estimate of drug-likeness (QED) is 0.847. The van der Waals surface area contributed by atoms with E-state index in [2.05, 4.69) is 28.9 Å². The van der Waals surface area contributed by atoms with Gasteiger partial charge in [0.15, 0.2) is 5.16 Å². The number of carbonyl (C=O) groups is 1. The normalized spacial score (nSPS) is 23.6. The summed E-state index contributed by atoms with van der Waals surface area (Å²) in [4.78, 5) is 12.9. The first-order valence-electron chi connectivity index (χ1n) is 6.51. The molecule has 106 valence electrons. The molecule has 1 aliphatic heterocycles. The van der Waals surface area contributed by atoms with Gasteiger partial charge in [-0.1, -0.05) is 18.7 Å². The Morgan fingerprint density at radius 1 is 1.47 bits per heavy atom. The van der Waals surface area contributed by atoms with Gasteiger partial charge in [-0.2, -0.15) is 0 Å². The number of hydrogen-bond acceptors (Lipinski definition) is 5. The average molecular weight is 284 g/mol. The lowest BCUT2D eigenvalue weighted by Gasteiger charge is -2.38. The van der Waals surface area contributed by atoms with Crippen LogP contribution in [0.1, 0.15) is 26.7 Å². The predicted molar refractivity (Wildman–Crippen MR) is 74.6 cm³/mol. The second-order valence-electron chi connectivity index (χ2n) is 5.08. The highest BCUT2D eigenvalue weighted by molar-refractivity contribution is 7.99. The summed E-state index contributed by atoms with van der Waals surface area (Å²) in [5.74, 6) is 0.653. The van der Waals surface area contributed by atoms with E-state index >= 15 is 0 Å². The first-order valence-corrected chi connectivity index (χ1v) is 7.50. The molecular formula is C12H20N4O2S. The van der Waals surface area contributed by atoms with E-state index in [1.54, 1.807) is 0 Å². The molecule has 0 aromatic carbocycles. The lowest BCUT2D eigenvalue weighted by Crippen LogP contribution is -2.43. The fraction of sp³-hybridized carbons (Fsp3) is 0.750. The van der Waals surface area contributed by atoms with E-state index in [-0.39, 0.29) is 5.75 Å². The number of carboxylic acids is 1. The van der Waals surface area contributed by atoms with E-state index in [4.69, 9.17) is 5.11 Å². The van der Waals surface area contributed by atoms with Gasteiger partial charge in [-0.15, -0.1) is 10.2 Å². The molecule has 0 radical (unpaired) electrons. The van der Waals surface area contributed by atoms with Crippen LogP contribution in [0.2, 0.25) is 0 Å². The summed E-state index contributed by atoms with van der Waals surface area (Å²) in [6.45, 7) is 5.46. The van der Waals surface area contributed by atoms with Crippen molar-refractivity contribution < 1.29 is 9.90 Å². The number of nitrogens with zero attached hydrogens (tertiary/aromatic N) is 4. The molecule has 0 aliphatic carbocycles. The molecular weight excluding hydrogens is 264 g/mol.